The monoisotopic (exact) mass is 1130 g/mol. The Balaban J connectivity index is 6.23. The van der Waals surface area contributed by atoms with Crippen LogP contribution in [-0.4, -0.2) is 183 Å². The normalized spacial score (nSPS) is 15.0. The Morgan fingerprint density at radius 3 is 1.22 bits per heavy atom. The van der Waals surface area contributed by atoms with Gasteiger partial charge < -0.3 is 85.1 Å². The van der Waals surface area contributed by atoms with Crippen molar-refractivity contribution in [2.24, 2.45) is 35.1 Å². The number of nitrogens with one attached hydrogen (secondary N) is 10. The average molecular weight is 1140 g/mol. The maximum absolute atomic E-state index is 13.8. The predicted octanol–water partition coefficient (Wildman–Crippen LogP) is -5.43. The number of amides is 12. The first-order valence-electron chi connectivity index (χ1n) is 25.0. The van der Waals surface area contributed by atoms with Crippen molar-refractivity contribution in [3.8, 4) is 0 Å². The fourth-order valence-corrected chi connectivity index (χ4v) is 7.21. The van der Waals surface area contributed by atoms with Gasteiger partial charge in [0, 0.05) is 19.3 Å². The predicted molar refractivity (Wildman–Crippen MR) is 275 cm³/mol. The van der Waals surface area contributed by atoms with Crippen LogP contribution >= 0.6 is 11.6 Å². The molecular formula is C47H79ClN12O18. The molecule has 0 rings (SSSR count). The molecule has 30 nitrogen and oxygen atoms in total. The second-order valence-corrected chi connectivity index (χ2v) is 20.0. The third-order valence-corrected chi connectivity index (χ3v) is 11.7. The fraction of sp³-hybridized carbons (Fsp3) is 0.702. The summed E-state index contributed by atoms with van der Waals surface area (Å²) in [6.07, 6.45) is -4.65. The summed E-state index contributed by atoms with van der Waals surface area (Å²) in [7, 11) is 0. The lowest BCUT2D eigenvalue weighted by Gasteiger charge is -2.28. The fourth-order valence-electron chi connectivity index (χ4n) is 7.13. The van der Waals surface area contributed by atoms with E-state index in [0.29, 0.717) is 0 Å². The standard InChI is InChI=1S/C47H79ClN12O18/c1-20(2)16-28(43(74)53-27(12-15-34(68)69)42(73)58-35(21(3)4)39(50)70)55-40(71)26(10-13-30(49)63)54-44(75)29(19-61)56-46(77)37(23(7)8)57-32(65)18-51-45(76)36(22(5)6)59-47(78)38(24(9)62)60-41(72)25(11-14-33(66)67)52-31(64)17-48/h20-29,35-38,61-62H,10-19H2,1-9H3,(H2,49,63)(H2,50,70)(H,51,76)(H,52,64)(H,53,74)(H,54,75)(H,55,71)(H,56,77)(H,57,65)(H,58,73)(H,59,78)(H,60,72)(H,66,67)(H,68,69)/t24-,25+,26+,27+,28+,29+,35+,36+,37+,38+/m1/s1. The number of carbonyl (C=O) groups excluding carboxylic acids is 12. The molecule has 0 fully saturated rings. The number of rotatable bonds is 37. The van der Waals surface area contributed by atoms with Gasteiger partial charge in [-0.2, -0.15) is 0 Å². The maximum atomic E-state index is 13.8. The molecule has 18 N–H and O–H groups in total. The van der Waals surface area contributed by atoms with E-state index in [1.54, 1.807) is 27.7 Å². The molecule has 0 heterocycles. The lowest BCUT2D eigenvalue weighted by molar-refractivity contribution is -0.139. The van der Waals surface area contributed by atoms with Crippen molar-refractivity contribution < 1.29 is 87.5 Å². The van der Waals surface area contributed by atoms with Crippen molar-refractivity contribution in [3.63, 3.8) is 0 Å². The summed E-state index contributed by atoms with van der Waals surface area (Å²) in [5, 5.41) is 62.3. The van der Waals surface area contributed by atoms with Gasteiger partial charge >= 0.3 is 11.9 Å². The van der Waals surface area contributed by atoms with Gasteiger partial charge in [-0.1, -0.05) is 55.4 Å². The van der Waals surface area contributed by atoms with Gasteiger partial charge in [0.25, 0.3) is 0 Å². The van der Waals surface area contributed by atoms with Crippen LogP contribution in [0.1, 0.15) is 107 Å². The van der Waals surface area contributed by atoms with E-state index in [4.69, 9.17) is 28.2 Å². The highest BCUT2D eigenvalue weighted by Gasteiger charge is 2.37. The summed E-state index contributed by atoms with van der Waals surface area (Å²) in [6, 6.07) is -13.7. The summed E-state index contributed by atoms with van der Waals surface area (Å²) in [5.74, 6) is -17.3. The summed E-state index contributed by atoms with van der Waals surface area (Å²) < 4.78 is 0. The van der Waals surface area contributed by atoms with Crippen molar-refractivity contribution in [2.45, 2.75) is 168 Å². The van der Waals surface area contributed by atoms with Crippen LogP contribution in [-0.2, 0) is 67.1 Å². The zero-order valence-electron chi connectivity index (χ0n) is 45.2. The molecule has 31 heteroatoms. The molecule has 78 heavy (non-hydrogen) atoms. The van der Waals surface area contributed by atoms with E-state index in [-0.39, 0.29) is 12.3 Å². The van der Waals surface area contributed by atoms with E-state index in [1.807, 2.05) is 0 Å². The molecule has 0 aromatic carbocycles. The molecule has 0 aliphatic heterocycles. The van der Waals surface area contributed by atoms with E-state index in [9.17, 15) is 82.4 Å². The molecule has 0 aliphatic rings. The molecule has 0 spiro atoms. The summed E-state index contributed by atoms with van der Waals surface area (Å²) in [5.41, 5.74) is 10.7. The van der Waals surface area contributed by atoms with Crippen LogP contribution in [0, 0.1) is 23.7 Å². The van der Waals surface area contributed by atoms with Crippen molar-refractivity contribution in [2.75, 3.05) is 19.0 Å². The van der Waals surface area contributed by atoms with Gasteiger partial charge in [0.05, 0.1) is 19.3 Å². The smallest absolute Gasteiger partial charge is 0.303 e. The number of alkyl halides is 1. The van der Waals surface area contributed by atoms with Gasteiger partial charge in [0.2, 0.25) is 70.9 Å². The Kier molecular flexibility index (Phi) is 32.0. The number of primary amides is 2. The van der Waals surface area contributed by atoms with Gasteiger partial charge in [-0.3, -0.25) is 67.1 Å². The van der Waals surface area contributed by atoms with Crippen molar-refractivity contribution >= 4 is 94.4 Å². The third kappa shape index (κ3) is 26.7. The molecule has 442 valence electrons. The number of carboxylic acids is 2. The van der Waals surface area contributed by atoms with Crippen LogP contribution in [0.5, 0.6) is 0 Å². The Labute approximate surface area is 455 Å². The Morgan fingerprint density at radius 1 is 0.436 bits per heavy atom. The van der Waals surface area contributed by atoms with E-state index in [1.165, 1.54) is 27.7 Å². The highest BCUT2D eigenvalue weighted by atomic mass is 35.5. The van der Waals surface area contributed by atoms with E-state index in [0.717, 1.165) is 6.92 Å². The minimum atomic E-state index is -1.82. The van der Waals surface area contributed by atoms with Crippen LogP contribution in [0.2, 0.25) is 0 Å². The largest absolute Gasteiger partial charge is 0.481 e. The number of carbonyl (C=O) groups is 14. The lowest BCUT2D eigenvalue weighted by Crippen LogP contribution is -2.61. The molecule has 0 saturated heterocycles. The van der Waals surface area contributed by atoms with Crippen LogP contribution < -0.4 is 64.6 Å². The highest BCUT2D eigenvalue weighted by molar-refractivity contribution is 6.27. The number of hydrogen-bond donors (Lipinski definition) is 16. The SMILES string of the molecule is CC(C)C[C@H](NC(=O)[C@H](CCC(N)=O)NC(=O)[C@H](CO)NC(=O)[C@@H](NC(=O)CNC(=O)[C@@H](NC(=O)[C@@H](NC(=O)[C@H](CCC(=O)O)NC(=O)CCl)[C@@H](C)O)C(C)C)C(C)C)C(=O)N[C@@H](CCC(=O)O)C(=O)N[C@H](C(N)=O)C(C)C. The van der Waals surface area contributed by atoms with Gasteiger partial charge in [-0.25, -0.2) is 0 Å². The molecule has 0 unspecified atom stereocenters. The molecular weight excluding hydrogens is 1060 g/mol. The van der Waals surface area contributed by atoms with Crippen molar-refractivity contribution in [1.29, 1.82) is 0 Å². The Morgan fingerprint density at radius 2 is 0.808 bits per heavy atom. The van der Waals surface area contributed by atoms with Crippen LogP contribution in [0.4, 0.5) is 0 Å². The summed E-state index contributed by atoms with van der Waals surface area (Å²) >= 11 is 5.50. The number of carboxylic acid groups (broad SMARTS) is 2. The molecule has 0 bridgehead atoms. The first-order chi connectivity index (χ1) is 36.2. The number of hydrogen-bond acceptors (Lipinski definition) is 16. The van der Waals surface area contributed by atoms with Gasteiger partial charge in [0.15, 0.2) is 0 Å². The number of aliphatic hydroxyl groups excluding tert-OH is 2. The van der Waals surface area contributed by atoms with Crippen LogP contribution in [0.3, 0.4) is 0 Å². The Hall–Kier alpha value is -7.21. The summed E-state index contributed by atoms with van der Waals surface area (Å²) in [4.78, 5) is 179. The quantitative estimate of drug-likeness (QED) is 0.0258. The zero-order chi connectivity index (χ0) is 60.3. The third-order valence-electron chi connectivity index (χ3n) is 11.4. The van der Waals surface area contributed by atoms with E-state index in [2.05, 4.69) is 53.2 Å². The number of aliphatic carboxylic acids is 2. The van der Waals surface area contributed by atoms with Crippen LogP contribution in [0.15, 0.2) is 0 Å². The maximum Gasteiger partial charge on any atom is 0.303 e. The molecule has 0 aromatic heterocycles. The van der Waals surface area contributed by atoms with Crippen molar-refractivity contribution in [3.05, 3.63) is 0 Å². The van der Waals surface area contributed by atoms with Gasteiger partial charge in [0.1, 0.15) is 60.3 Å². The highest BCUT2D eigenvalue weighted by Crippen LogP contribution is 2.12. The first-order valence-corrected chi connectivity index (χ1v) is 25.6. The second kappa shape index (κ2) is 35.3. The number of halogens is 1. The van der Waals surface area contributed by atoms with Gasteiger partial charge in [-0.15, -0.1) is 11.6 Å². The van der Waals surface area contributed by atoms with E-state index < -0.39 is 219 Å². The second-order valence-electron chi connectivity index (χ2n) is 19.8. The molecule has 0 aromatic rings. The van der Waals surface area contributed by atoms with Crippen LogP contribution in [0.25, 0.3) is 0 Å². The number of nitrogens with two attached hydrogens (primary N) is 2. The zero-order valence-corrected chi connectivity index (χ0v) is 45.9. The van der Waals surface area contributed by atoms with Crippen molar-refractivity contribution in [1.82, 2.24) is 53.2 Å². The topological polar surface area (TPSA) is 492 Å². The molecule has 10 atom stereocenters. The summed E-state index contributed by atoms with van der Waals surface area (Å²) in [6.45, 7) is 11.8. The lowest BCUT2D eigenvalue weighted by atomic mass is 10.00. The number of aliphatic hydroxyl groups is 2. The molecule has 0 aliphatic carbocycles. The van der Waals surface area contributed by atoms with E-state index >= 15 is 0 Å². The molecule has 0 radical (unpaired) electrons. The minimum Gasteiger partial charge on any atom is -0.481 e. The first kappa shape index (κ1) is 70.8. The molecule has 0 saturated carbocycles. The minimum absolute atomic E-state index is 0.0842. The van der Waals surface area contributed by atoms with Gasteiger partial charge in [-0.05, 0) is 56.3 Å². The molecule has 12 amide bonds. The Bertz CT molecular complexity index is 2140. The average Bonchev–Trinajstić information content (AvgIpc) is 3.33.